The molecular formula is C52H86O6. The van der Waals surface area contributed by atoms with E-state index < -0.39 is 6.10 Å². The van der Waals surface area contributed by atoms with Gasteiger partial charge >= 0.3 is 17.9 Å². The van der Waals surface area contributed by atoms with Gasteiger partial charge in [-0.15, -0.1) is 0 Å². The average molecular weight is 807 g/mol. The quantitative estimate of drug-likeness (QED) is 0.0265. The zero-order valence-electron chi connectivity index (χ0n) is 37.5. The van der Waals surface area contributed by atoms with Crippen LogP contribution in [0.15, 0.2) is 85.1 Å². The number of carbonyl (C=O) groups is 3. The molecule has 0 aromatic heterocycles. The van der Waals surface area contributed by atoms with Crippen LogP contribution in [0.25, 0.3) is 0 Å². The van der Waals surface area contributed by atoms with Gasteiger partial charge in [0, 0.05) is 19.3 Å². The van der Waals surface area contributed by atoms with Crippen LogP contribution in [0.5, 0.6) is 0 Å². The number of carbonyl (C=O) groups excluding carboxylic acids is 3. The van der Waals surface area contributed by atoms with Crippen molar-refractivity contribution in [2.45, 2.75) is 213 Å². The Morgan fingerprint density at radius 2 is 0.724 bits per heavy atom. The summed E-state index contributed by atoms with van der Waals surface area (Å²) in [5.41, 5.74) is 0. The number of esters is 3. The van der Waals surface area contributed by atoms with E-state index in [-0.39, 0.29) is 37.5 Å². The van der Waals surface area contributed by atoms with Crippen molar-refractivity contribution in [3.63, 3.8) is 0 Å². The van der Waals surface area contributed by atoms with Gasteiger partial charge in [-0.05, 0) is 77.0 Å². The molecule has 1 atom stereocenters. The number of hydrogen-bond acceptors (Lipinski definition) is 6. The van der Waals surface area contributed by atoms with E-state index in [0.717, 1.165) is 89.9 Å². The molecule has 0 heterocycles. The third-order valence-corrected chi connectivity index (χ3v) is 9.65. The molecule has 0 spiro atoms. The molecule has 0 amide bonds. The molecule has 0 aromatic carbocycles. The Kier molecular flexibility index (Phi) is 43.6. The normalized spacial score (nSPS) is 12.8. The van der Waals surface area contributed by atoms with Gasteiger partial charge in [-0.3, -0.25) is 14.4 Å². The SMILES string of the molecule is CC/C=C\C/C=C\C/C=C\C/C=C\C/C=C\C/C=C\CCC(=O)OCC(COC(=O)CCCCCCCCCCCC)OC(=O)CCCCCCC/C=C\CCCC. The van der Waals surface area contributed by atoms with E-state index in [9.17, 15) is 14.4 Å². The van der Waals surface area contributed by atoms with Crippen LogP contribution < -0.4 is 0 Å². The van der Waals surface area contributed by atoms with E-state index in [1.165, 1.54) is 70.6 Å². The van der Waals surface area contributed by atoms with Crippen molar-refractivity contribution >= 4 is 17.9 Å². The van der Waals surface area contributed by atoms with Gasteiger partial charge in [-0.1, -0.05) is 196 Å². The van der Waals surface area contributed by atoms with Crippen molar-refractivity contribution in [3.8, 4) is 0 Å². The predicted molar refractivity (Wildman–Crippen MR) is 247 cm³/mol. The van der Waals surface area contributed by atoms with E-state index in [2.05, 4.69) is 93.7 Å². The Bertz CT molecular complexity index is 1160. The molecule has 0 aliphatic carbocycles. The second-order valence-electron chi connectivity index (χ2n) is 15.3. The number of rotatable bonds is 41. The fraction of sp³-hybridized carbons (Fsp3) is 0.673. The Morgan fingerprint density at radius 3 is 1.21 bits per heavy atom. The molecule has 0 aliphatic heterocycles. The van der Waals surface area contributed by atoms with Crippen molar-refractivity contribution in [2.24, 2.45) is 0 Å². The van der Waals surface area contributed by atoms with E-state index in [1.807, 2.05) is 12.2 Å². The minimum atomic E-state index is -0.807. The highest BCUT2D eigenvalue weighted by Crippen LogP contribution is 2.13. The standard InChI is InChI=1S/C52H86O6/c1-4-7-10-13-16-19-22-23-24-25-26-27-28-29-31-33-36-39-42-45-51(54)57-48-49(47-56-50(53)44-41-38-35-32-21-18-15-12-9-6-3)58-52(55)46-43-40-37-34-30-20-17-14-11-8-5-2/h7,10,14,16-17,19,23-24,26-27,29,31,36,39,49H,4-6,8-9,11-13,15,18,20-22,25,28,30,32-35,37-38,40-48H2,1-3H3/b10-7-,17-14-,19-16-,24-23-,27-26-,31-29-,39-36-. The highest BCUT2D eigenvalue weighted by atomic mass is 16.6. The van der Waals surface area contributed by atoms with E-state index in [0.29, 0.717) is 19.3 Å². The van der Waals surface area contributed by atoms with Crippen molar-refractivity contribution in [3.05, 3.63) is 85.1 Å². The lowest BCUT2D eigenvalue weighted by Crippen LogP contribution is -2.30. The monoisotopic (exact) mass is 807 g/mol. The zero-order valence-corrected chi connectivity index (χ0v) is 37.5. The molecule has 58 heavy (non-hydrogen) atoms. The molecule has 0 saturated heterocycles. The van der Waals surface area contributed by atoms with E-state index in [1.54, 1.807) is 0 Å². The van der Waals surface area contributed by atoms with Crippen molar-refractivity contribution < 1.29 is 28.6 Å². The van der Waals surface area contributed by atoms with E-state index >= 15 is 0 Å². The summed E-state index contributed by atoms with van der Waals surface area (Å²) < 4.78 is 16.6. The Labute approximate surface area is 356 Å². The third kappa shape index (κ3) is 43.7. The van der Waals surface area contributed by atoms with Crippen LogP contribution in [0.4, 0.5) is 0 Å². The van der Waals surface area contributed by atoms with Gasteiger partial charge < -0.3 is 14.2 Å². The Morgan fingerprint density at radius 1 is 0.362 bits per heavy atom. The molecule has 0 N–H and O–H groups in total. The molecular weight excluding hydrogens is 721 g/mol. The number of allylic oxidation sites excluding steroid dienone is 14. The maximum Gasteiger partial charge on any atom is 0.306 e. The summed E-state index contributed by atoms with van der Waals surface area (Å²) >= 11 is 0. The van der Waals surface area contributed by atoms with Crippen molar-refractivity contribution in [2.75, 3.05) is 13.2 Å². The van der Waals surface area contributed by atoms with Crippen LogP contribution in [0.3, 0.4) is 0 Å². The van der Waals surface area contributed by atoms with Crippen LogP contribution in [-0.4, -0.2) is 37.2 Å². The van der Waals surface area contributed by atoms with Crippen molar-refractivity contribution in [1.29, 1.82) is 0 Å². The van der Waals surface area contributed by atoms with Gasteiger partial charge in [0.15, 0.2) is 6.10 Å². The van der Waals surface area contributed by atoms with Gasteiger partial charge in [0.2, 0.25) is 0 Å². The summed E-state index contributed by atoms with van der Waals surface area (Å²) in [4.78, 5) is 37.7. The summed E-state index contributed by atoms with van der Waals surface area (Å²) in [6.45, 7) is 6.38. The van der Waals surface area contributed by atoms with E-state index in [4.69, 9.17) is 14.2 Å². The van der Waals surface area contributed by atoms with Crippen LogP contribution in [0.2, 0.25) is 0 Å². The van der Waals surface area contributed by atoms with Crippen LogP contribution >= 0.6 is 0 Å². The first-order chi connectivity index (χ1) is 28.5. The zero-order chi connectivity index (χ0) is 42.3. The maximum atomic E-state index is 12.7. The van der Waals surface area contributed by atoms with Gasteiger partial charge in [0.05, 0.1) is 0 Å². The van der Waals surface area contributed by atoms with Gasteiger partial charge in [-0.25, -0.2) is 0 Å². The number of ether oxygens (including phenoxy) is 3. The predicted octanol–water partition coefficient (Wildman–Crippen LogP) is 15.3. The number of unbranched alkanes of at least 4 members (excludes halogenated alkanes) is 16. The lowest BCUT2D eigenvalue weighted by Gasteiger charge is -2.18. The van der Waals surface area contributed by atoms with Crippen LogP contribution in [-0.2, 0) is 28.6 Å². The summed E-state index contributed by atoms with van der Waals surface area (Å²) in [6, 6.07) is 0. The molecule has 6 heteroatoms. The summed E-state index contributed by atoms with van der Waals surface area (Å²) in [6.07, 6.45) is 58.6. The second kappa shape index (κ2) is 46.3. The van der Waals surface area contributed by atoms with Crippen molar-refractivity contribution in [1.82, 2.24) is 0 Å². The molecule has 6 nitrogen and oxygen atoms in total. The molecule has 0 saturated carbocycles. The first kappa shape index (κ1) is 54.6. The Balaban J connectivity index is 4.48. The molecule has 0 aliphatic rings. The summed E-state index contributed by atoms with van der Waals surface area (Å²) in [5, 5.41) is 0. The lowest BCUT2D eigenvalue weighted by atomic mass is 10.1. The highest BCUT2D eigenvalue weighted by molar-refractivity contribution is 5.71. The molecule has 0 radical (unpaired) electrons. The molecule has 0 fully saturated rings. The largest absolute Gasteiger partial charge is 0.462 e. The molecule has 330 valence electrons. The Hall–Kier alpha value is -3.41. The number of hydrogen-bond donors (Lipinski definition) is 0. The highest BCUT2D eigenvalue weighted by Gasteiger charge is 2.19. The third-order valence-electron chi connectivity index (χ3n) is 9.65. The average Bonchev–Trinajstić information content (AvgIpc) is 3.22. The smallest absolute Gasteiger partial charge is 0.306 e. The molecule has 0 bridgehead atoms. The minimum Gasteiger partial charge on any atom is -0.462 e. The summed E-state index contributed by atoms with van der Waals surface area (Å²) in [7, 11) is 0. The van der Waals surface area contributed by atoms with Gasteiger partial charge in [-0.2, -0.15) is 0 Å². The molecule has 0 aromatic rings. The first-order valence-corrected chi connectivity index (χ1v) is 23.6. The molecule has 0 rings (SSSR count). The van der Waals surface area contributed by atoms with Crippen LogP contribution in [0, 0.1) is 0 Å². The summed E-state index contributed by atoms with van der Waals surface area (Å²) in [5.74, 6) is -1.01. The topological polar surface area (TPSA) is 78.9 Å². The first-order valence-electron chi connectivity index (χ1n) is 23.6. The molecule has 1 unspecified atom stereocenters. The van der Waals surface area contributed by atoms with Crippen LogP contribution in [0.1, 0.15) is 207 Å². The fourth-order valence-corrected chi connectivity index (χ4v) is 6.09. The minimum absolute atomic E-state index is 0.103. The fourth-order valence-electron chi connectivity index (χ4n) is 6.09. The maximum absolute atomic E-state index is 12.7. The van der Waals surface area contributed by atoms with Gasteiger partial charge in [0.1, 0.15) is 13.2 Å². The van der Waals surface area contributed by atoms with Gasteiger partial charge in [0.25, 0.3) is 0 Å². The second-order valence-corrected chi connectivity index (χ2v) is 15.3. The lowest BCUT2D eigenvalue weighted by molar-refractivity contribution is -0.166.